The number of likely N-dealkylation sites (N-methyl/N-ethyl adjacent to an activating group) is 1. The average molecular weight is 223 g/mol. The molecule has 1 rings (SSSR count). The number of carboxylic acid groups (broad SMARTS) is 1. The van der Waals surface area contributed by atoms with E-state index in [2.05, 4.69) is 0 Å². The first-order valence-corrected chi connectivity index (χ1v) is 5.34. The summed E-state index contributed by atoms with van der Waals surface area (Å²) in [6.45, 7) is 3.22. The van der Waals surface area contributed by atoms with Gasteiger partial charge in [0.1, 0.15) is 18.8 Å². The topological polar surface area (TPSA) is 53.8 Å². The molecule has 88 valence electrons. The van der Waals surface area contributed by atoms with Crippen molar-refractivity contribution in [1.82, 2.24) is 0 Å². The molecule has 4 nitrogen and oxygen atoms in total. The van der Waals surface area contributed by atoms with Crippen LogP contribution in [0.15, 0.2) is 24.3 Å². The Hall–Kier alpha value is -1.55. The Balaban J connectivity index is 2.59. The normalized spacial score (nSPS) is 12.1. The maximum absolute atomic E-state index is 10.4. The molecule has 16 heavy (non-hydrogen) atoms. The molecule has 0 aliphatic heterocycles. The Labute approximate surface area is 95.5 Å². The first kappa shape index (κ1) is 12.5. The van der Waals surface area contributed by atoms with Crippen molar-refractivity contribution in [3.63, 3.8) is 0 Å². The van der Waals surface area contributed by atoms with Gasteiger partial charge in [-0.3, -0.25) is 0 Å². The molecule has 0 saturated heterocycles. The van der Waals surface area contributed by atoms with E-state index in [9.17, 15) is 9.90 Å². The number of ether oxygens (including phenoxy) is 1. The number of hydrogen-bond donors (Lipinski definition) is 1. The van der Waals surface area contributed by atoms with Crippen molar-refractivity contribution in [2.24, 2.45) is 0 Å². The average Bonchev–Trinajstić information content (AvgIpc) is 2.17. The summed E-state index contributed by atoms with van der Waals surface area (Å²) in [6.07, 6.45) is 0. The molecule has 4 heteroatoms. The molecule has 1 aromatic carbocycles. The lowest BCUT2D eigenvalue weighted by Crippen LogP contribution is -3.09. The van der Waals surface area contributed by atoms with Crippen LogP contribution < -0.4 is 14.7 Å². The summed E-state index contributed by atoms with van der Waals surface area (Å²) in [7, 11) is 1.82. The lowest BCUT2D eigenvalue weighted by atomic mass is 10.2. The highest BCUT2D eigenvalue weighted by atomic mass is 16.5. The zero-order valence-electron chi connectivity index (χ0n) is 9.66. The lowest BCUT2D eigenvalue weighted by Gasteiger charge is -2.14. The highest BCUT2D eigenvalue weighted by molar-refractivity contribution is 5.65. The molecule has 0 fully saturated rings. The Kier molecular flexibility index (Phi) is 4.79. The highest BCUT2D eigenvalue weighted by Crippen LogP contribution is 2.12. The summed E-state index contributed by atoms with van der Waals surface area (Å²) in [5.74, 6) is -0.209. The molecule has 0 bridgehead atoms. The van der Waals surface area contributed by atoms with Gasteiger partial charge in [0, 0.05) is 5.56 Å². The molecule has 0 spiro atoms. The summed E-state index contributed by atoms with van der Waals surface area (Å²) >= 11 is 0. The first-order valence-electron chi connectivity index (χ1n) is 5.34. The van der Waals surface area contributed by atoms with Crippen LogP contribution in [-0.4, -0.2) is 26.2 Å². The lowest BCUT2D eigenvalue weighted by molar-refractivity contribution is -0.887. The van der Waals surface area contributed by atoms with Crippen LogP contribution in [0.25, 0.3) is 0 Å². The summed E-state index contributed by atoms with van der Waals surface area (Å²) in [6, 6.07) is 7.69. The predicted octanol–water partition coefficient (Wildman–Crippen LogP) is -1.15. The van der Waals surface area contributed by atoms with Gasteiger partial charge < -0.3 is 19.5 Å². The molecule has 0 aromatic heterocycles. The van der Waals surface area contributed by atoms with Crippen LogP contribution in [0.1, 0.15) is 12.5 Å². The third-order valence-corrected chi connectivity index (χ3v) is 2.16. The second-order valence-electron chi connectivity index (χ2n) is 3.76. The van der Waals surface area contributed by atoms with Crippen molar-refractivity contribution in [2.45, 2.75) is 13.5 Å². The van der Waals surface area contributed by atoms with E-state index in [4.69, 9.17) is 4.74 Å². The third kappa shape index (κ3) is 4.31. The molecule has 0 radical (unpaired) electrons. The predicted molar refractivity (Wildman–Crippen MR) is 58.1 cm³/mol. The zero-order chi connectivity index (χ0) is 12.0. The second-order valence-corrected chi connectivity index (χ2v) is 3.76. The number of nitrogens with one attached hydrogen (secondary N) is 1. The SMILES string of the molecule is CCOc1cccc(C[NH+](C)CC(=O)[O-])c1. The third-order valence-electron chi connectivity index (χ3n) is 2.16. The van der Waals surface area contributed by atoms with Crippen molar-refractivity contribution in [1.29, 1.82) is 0 Å². The van der Waals surface area contributed by atoms with Crippen LogP contribution in [0.5, 0.6) is 5.75 Å². The van der Waals surface area contributed by atoms with Gasteiger partial charge in [0.15, 0.2) is 0 Å². The fourth-order valence-electron chi connectivity index (χ4n) is 1.57. The van der Waals surface area contributed by atoms with Gasteiger partial charge in [0.05, 0.1) is 19.6 Å². The smallest absolute Gasteiger partial charge is 0.119 e. The van der Waals surface area contributed by atoms with Gasteiger partial charge in [0.2, 0.25) is 0 Å². The number of carboxylic acids is 1. The van der Waals surface area contributed by atoms with E-state index >= 15 is 0 Å². The van der Waals surface area contributed by atoms with Gasteiger partial charge in [-0.25, -0.2) is 0 Å². The minimum absolute atomic E-state index is 0.0128. The number of hydrogen-bond acceptors (Lipinski definition) is 3. The Morgan fingerprint density at radius 3 is 2.88 bits per heavy atom. The maximum atomic E-state index is 10.4. The van der Waals surface area contributed by atoms with Crippen molar-refractivity contribution >= 4 is 5.97 Å². The number of benzene rings is 1. The standard InChI is InChI=1S/C12H17NO3/c1-3-16-11-6-4-5-10(7-11)8-13(2)9-12(14)15/h4-7H,3,8-9H2,1-2H3,(H,14,15). The largest absolute Gasteiger partial charge is 0.544 e. The Morgan fingerprint density at radius 2 is 2.25 bits per heavy atom. The Morgan fingerprint density at radius 1 is 1.50 bits per heavy atom. The van der Waals surface area contributed by atoms with Crippen LogP contribution in [0.4, 0.5) is 0 Å². The van der Waals surface area contributed by atoms with Gasteiger partial charge in [-0.2, -0.15) is 0 Å². The molecule has 1 atom stereocenters. The molecule has 0 saturated carbocycles. The second kappa shape index (κ2) is 6.12. The van der Waals surface area contributed by atoms with Crippen LogP contribution in [-0.2, 0) is 11.3 Å². The molecule has 0 aliphatic carbocycles. The van der Waals surface area contributed by atoms with E-state index in [1.165, 1.54) is 0 Å². The van der Waals surface area contributed by atoms with Crippen molar-refractivity contribution in [3.8, 4) is 5.75 Å². The fraction of sp³-hybridized carbons (Fsp3) is 0.417. The van der Waals surface area contributed by atoms with E-state index in [0.717, 1.165) is 16.2 Å². The van der Waals surface area contributed by atoms with Crippen molar-refractivity contribution < 1.29 is 19.5 Å². The maximum Gasteiger partial charge on any atom is 0.119 e. The summed E-state index contributed by atoms with van der Waals surface area (Å²) < 4.78 is 5.37. The van der Waals surface area contributed by atoms with Gasteiger partial charge in [-0.1, -0.05) is 12.1 Å². The molecular weight excluding hydrogens is 206 g/mol. The van der Waals surface area contributed by atoms with E-state index in [-0.39, 0.29) is 6.54 Å². The van der Waals surface area contributed by atoms with Crippen molar-refractivity contribution in [3.05, 3.63) is 29.8 Å². The quantitative estimate of drug-likeness (QED) is 0.662. The monoisotopic (exact) mass is 223 g/mol. The number of aliphatic carboxylic acids is 1. The van der Waals surface area contributed by atoms with Gasteiger partial charge in [-0.05, 0) is 19.1 Å². The van der Waals surface area contributed by atoms with Crippen LogP contribution in [0.3, 0.4) is 0 Å². The summed E-state index contributed by atoms with van der Waals surface area (Å²) in [4.78, 5) is 11.3. The number of carbonyl (C=O) groups excluding carboxylic acids is 1. The van der Waals surface area contributed by atoms with Gasteiger partial charge in [-0.15, -0.1) is 0 Å². The number of rotatable bonds is 6. The van der Waals surface area contributed by atoms with Crippen molar-refractivity contribution in [2.75, 3.05) is 20.2 Å². The van der Waals surface area contributed by atoms with E-state index in [0.29, 0.717) is 13.2 Å². The molecule has 1 unspecified atom stereocenters. The minimum Gasteiger partial charge on any atom is -0.544 e. The van der Waals surface area contributed by atoms with Gasteiger partial charge in [0.25, 0.3) is 0 Å². The van der Waals surface area contributed by atoms with E-state index in [1.54, 1.807) is 0 Å². The molecule has 0 amide bonds. The van der Waals surface area contributed by atoms with Crippen LogP contribution in [0, 0.1) is 0 Å². The fourth-order valence-corrected chi connectivity index (χ4v) is 1.57. The number of quaternary nitrogens is 1. The summed E-state index contributed by atoms with van der Waals surface area (Å²) in [5, 5.41) is 10.4. The number of carbonyl (C=O) groups is 1. The molecule has 0 heterocycles. The highest BCUT2D eigenvalue weighted by Gasteiger charge is 2.04. The summed E-state index contributed by atoms with van der Waals surface area (Å²) in [5.41, 5.74) is 1.06. The first-order chi connectivity index (χ1) is 7.61. The van der Waals surface area contributed by atoms with Crippen LogP contribution >= 0.6 is 0 Å². The van der Waals surface area contributed by atoms with E-state index < -0.39 is 5.97 Å². The minimum atomic E-state index is -1.03. The molecule has 1 N–H and O–H groups in total. The zero-order valence-corrected chi connectivity index (χ0v) is 9.66. The Bertz CT molecular complexity index is 352. The van der Waals surface area contributed by atoms with E-state index in [1.807, 2.05) is 38.2 Å². The van der Waals surface area contributed by atoms with Gasteiger partial charge >= 0.3 is 0 Å². The molecular formula is C12H17NO3. The van der Waals surface area contributed by atoms with Crippen LogP contribution in [0.2, 0.25) is 0 Å². The molecule has 1 aromatic rings. The molecule has 0 aliphatic rings.